The Morgan fingerprint density at radius 3 is 3.05 bits per heavy atom. The van der Waals surface area contributed by atoms with Gasteiger partial charge in [0.05, 0.1) is 0 Å². The molecule has 1 atom stereocenters. The molecule has 1 aliphatic rings. The van der Waals surface area contributed by atoms with Crippen LogP contribution in [0.4, 0.5) is 0 Å². The lowest BCUT2D eigenvalue weighted by atomic mass is 10.4. The molecule has 0 N–H and O–H groups in total. The van der Waals surface area contributed by atoms with Crippen molar-refractivity contribution in [1.29, 1.82) is 0 Å². The van der Waals surface area contributed by atoms with Crippen LogP contribution in [0.1, 0.15) is 6.92 Å². The Balaban J connectivity index is 2.13. The second kappa shape index (κ2) is 4.92. The minimum absolute atomic E-state index is 0.0241. The van der Waals surface area contributed by atoms with Crippen LogP contribution in [-0.2, 0) is 10.0 Å². The Morgan fingerprint density at radius 2 is 2.32 bits per heavy atom. The zero-order valence-corrected chi connectivity index (χ0v) is 13.3. The highest BCUT2D eigenvalue weighted by molar-refractivity contribution is 7.99. The molecule has 9 heteroatoms. The molecule has 0 spiro atoms. The largest absolute Gasteiger partial charge is 0.279 e. The van der Waals surface area contributed by atoms with Crippen LogP contribution < -0.4 is 0 Å². The van der Waals surface area contributed by atoms with Crippen molar-refractivity contribution in [2.75, 3.05) is 18.1 Å². The van der Waals surface area contributed by atoms with Gasteiger partial charge < -0.3 is 0 Å². The average molecular weight is 338 g/mol. The first-order valence-corrected chi connectivity index (χ1v) is 9.57. The fraction of sp³-hybridized carbons (Fsp3) is 0.500. The van der Waals surface area contributed by atoms with Crippen molar-refractivity contribution in [1.82, 2.24) is 13.7 Å². The summed E-state index contributed by atoms with van der Waals surface area (Å²) in [4.78, 5) is 4.69. The van der Waals surface area contributed by atoms with Gasteiger partial charge in [0, 0.05) is 35.7 Å². The number of halogens is 1. The Bertz CT molecular complexity index is 709. The molecule has 1 unspecified atom stereocenters. The molecule has 0 aromatic carbocycles. The summed E-state index contributed by atoms with van der Waals surface area (Å²) in [5.41, 5.74) is 0. The van der Waals surface area contributed by atoms with E-state index >= 15 is 0 Å². The zero-order valence-electron chi connectivity index (χ0n) is 10.1. The number of imidazole rings is 1. The molecule has 5 nitrogen and oxygen atoms in total. The van der Waals surface area contributed by atoms with E-state index in [4.69, 9.17) is 11.6 Å². The summed E-state index contributed by atoms with van der Waals surface area (Å²) < 4.78 is 28.6. The average Bonchev–Trinajstić information content (AvgIpc) is 2.88. The van der Waals surface area contributed by atoms with Crippen molar-refractivity contribution < 1.29 is 8.42 Å². The first kappa shape index (κ1) is 13.7. The molecule has 1 aliphatic heterocycles. The first-order valence-electron chi connectivity index (χ1n) is 5.72. The van der Waals surface area contributed by atoms with Gasteiger partial charge in [-0.05, 0) is 6.92 Å². The van der Waals surface area contributed by atoms with E-state index in [1.54, 1.807) is 27.7 Å². The number of rotatable bonds is 2. The van der Waals surface area contributed by atoms with E-state index < -0.39 is 10.0 Å². The normalized spacial score (nSPS) is 22.1. The van der Waals surface area contributed by atoms with Gasteiger partial charge >= 0.3 is 0 Å². The number of hydrogen-bond acceptors (Lipinski definition) is 5. The molecule has 3 rings (SSSR count). The molecular weight excluding hydrogens is 326 g/mol. The Labute approximate surface area is 124 Å². The van der Waals surface area contributed by atoms with Gasteiger partial charge in [-0.2, -0.15) is 16.1 Å². The molecular formula is C10H12ClN3O2S3. The SMILES string of the molecule is CC1CSCCN1S(=O)(=O)c1c(Cl)nc2sccn12. The van der Waals surface area contributed by atoms with Gasteiger partial charge in [0.1, 0.15) is 0 Å². The quantitative estimate of drug-likeness (QED) is 0.842. The van der Waals surface area contributed by atoms with Gasteiger partial charge in [0.15, 0.2) is 15.1 Å². The predicted octanol–water partition coefficient (Wildman–Crippen LogP) is 2.18. The highest BCUT2D eigenvalue weighted by atomic mass is 35.5. The lowest BCUT2D eigenvalue weighted by Gasteiger charge is -2.31. The fourth-order valence-electron chi connectivity index (χ4n) is 2.15. The summed E-state index contributed by atoms with van der Waals surface area (Å²) in [6.45, 7) is 2.44. The monoisotopic (exact) mass is 337 g/mol. The van der Waals surface area contributed by atoms with Gasteiger partial charge in [0.2, 0.25) is 0 Å². The van der Waals surface area contributed by atoms with Crippen molar-refractivity contribution in [2.45, 2.75) is 18.0 Å². The van der Waals surface area contributed by atoms with Gasteiger partial charge in [0.25, 0.3) is 10.0 Å². The fourth-order valence-corrected chi connectivity index (χ4v) is 6.41. The zero-order chi connectivity index (χ0) is 13.6. The minimum Gasteiger partial charge on any atom is -0.279 e. The van der Waals surface area contributed by atoms with Gasteiger partial charge in [-0.15, -0.1) is 11.3 Å². The maximum Gasteiger partial charge on any atom is 0.262 e. The number of aromatic nitrogens is 2. The highest BCUT2D eigenvalue weighted by Gasteiger charge is 2.35. The molecule has 0 bridgehead atoms. The summed E-state index contributed by atoms with van der Waals surface area (Å²) in [5.74, 6) is 1.62. The van der Waals surface area contributed by atoms with Crippen LogP contribution >= 0.6 is 34.7 Å². The number of thioether (sulfide) groups is 1. The number of nitrogens with zero attached hydrogens (tertiary/aromatic N) is 3. The molecule has 2 aromatic rings. The second-order valence-electron chi connectivity index (χ2n) is 4.30. The van der Waals surface area contributed by atoms with Crippen LogP contribution in [0.2, 0.25) is 5.15 Å². The summed E-state index contributed by atoms with van der Waals surface area (Å²) in [6, 6.07) is -0.0241. The van der Waals surface area contributed by atoms with Gasteiger partial charge in [-0.3, -0.25) is 4.40 Å². The molecule has 2 aromatic heterocycles. The van der Waals surface area contributed by atoms with Crippen LogP contribution in [0.15, 0.2) is 16.6 Å². The topological polar surface area (TPSA) is 54.7 Å². The third-order valence-corrected chi connectivity index (χ3v) is 7.40. The summed E-state index contributed by atoms with van der Waals surface area (Å²) >= 11 is 9.16. The number of hydrogen-bond donors (Lipinski definition) is 0. The van der Waals surface area contributed by atoms with Crippen molar-refractivity contribution in [2.24, 2.45) is 0 Å². The predicted molar refractivity (Wildman–Crippen MR) is 78.8 cm³/mol. The summed E-state index contributed by atoms with van der Waals surface area (Å²) in [7, 11) is -3.60. The molecule has 1 saturated heterocycles. The van der Waals surface area contributed by atoms with Gasteiger partial charge in [-0.25, -0.2) is 13.4 Å². The van der Waals surface area contributed by atoms with E-state index in [1.165, 1.54) is 15.6 Å². The van der Waals surface area contributed by atoms with Crippen molar-refractivity contribution in [3.63, 3.8) is 0 Å². The van der Waals surface area contributed by atoms with E-state index in [0.29, 0.717) is 11.5 Å². The smallest absolute Gasteiger partial charge is 0.262 e. The number of thiazole rings is 1. The molecule has 0 saturated carbocycles. The third-order valence-electron chi connectivity index (χ3n) is 3.04. The van der Waals surface area contributed by atoms with Gasteiger partial charge in [-0.1, -0.05) is 11.6 Å². The molecule has 19 heavy (non-hydrogen) atoms. The van der Waals surface area contributed by atoms with Crippen LogP contribution in [0.3, 0.4) is 0 Å². The molecule has 0 amide bonds. The number of fused-ring (bicyclic) bond motifs is 1. The highest BCUT2D eigenvalue weighted by Crippen LogP contribution is 2.30. The Kier molecular flexibility index (Phi) is 3.55. The standard InChI is InChI=1S/C10H12ClN3O2S3/c1-7-6-17-4-3-14(7)19(15,16)9-8(11)12-10-13(9)2-5-18-10/h2,5,7H,3-4,6H2,1H3. The maximum absolute atomic E-state index is 12.8. The second-order valence-corrected chi connectivity index (χ2v) is 8.49. The van der Waals surface area contributed by atoms with E-state index in [9.17, 15) is 8.42 Å². The lowest BCUT2D eigenvalue weighted by Crippen LogP contribution is -2.44. The molecule has 104 valence electrons. The third kappa shape index (κ3) is 2.19. The maximum atomic E-state index is 12.8. The summed E-state index contributed by atoms with van der Waals surface area (Å²) in [6.07, 6.45) is 1.69. The van der Waals surface area contributed by atoms with Crippen molar-refractivity contribution >= 4 is 49.7 Å². The van der Waals surface area contributed by atoms with Crippen molar-refractivity contribution in [3.8, 4) is 0 Å². The molecule has 0 aliphatic carbocycles. The first-order chi connectivity index (χ1) is 9.01. The van der Waals surface area contributed by atoms with E-state index in [1.807, 2.05) is 6.92 Å². The minimum atomic E-state index is -3.60. The molecule has 1 fully saturated rings. The van der Waals surface area contributed by atoms with E-state index in [-0.39, 0.29) is 16.2 Å². The van der Waals surface area contributed by atoms with Crippen LogP contribution in [0.5, 0.6) is 0 Å². The Morgan fingerprint density at radius 1 is 1.53 bits per heavy atom. The molecule has 3 heterocycles. The van der Waals surface area contributed by atoms with Crippen LogP contribution in [0, 0.1) is 0 Å². The Hall–Kier alpha value is -0.280. The van der Waals surface area contributed by atoms with E-state index in [0.717, 1.165) is 11.5 Å². The summed E-state index contributed by atoms with van der Waals surface area (Å²) in [5, 5.41) is 1.94. The van der Waals surface area contributed by atoms with Crippen molar-refractivity contribution in [3.05, 3.63) is 16.7 Å². The van der Waals surface area contributed by atoms with Crippen LogP contribution in [-0.4, -0.2) is 46.2 Å². The lowest BCUT2D eigenvalue weighted by molar-refractivity contribution is 0.366. The van der Waals surface area contributed by atoms with E-state index in [2.05, 4.69) is 4.98 Å². The van der Waals surface area contributed by atoms with Crippen LogP contribution in [0.25, 0.3) is 4.96 Å². The number of sulfonamides is 1. The molecule has 0 radical (unpaired) electrons.